The number of carbonyl (C=O) groups excluding carboxylic acids is 1. The van der Waals surface area contributed by atoms with E-state index in [4.69, 9.17) is 0 Å². The van der Waals surface area contributed by atoms with E-state index in [1.807, 2.05) is 29.3 Å². The highest BCUT2D eigenvalue weighted by atomic mass is 16.3. The lowest BCUT2D eigenvalue weighted by Gasteiger charge is -2.34. The Hall–Kier alpha value is -1.42. The van der Waals surface area contributed by atoms with Crippen LogP contribution in [0.5, 0.6) is 0 Å². The molecule has 4 heteroatoms. The number of aromatic nitrogens is 1. The van der Waals surface area contributed by atoms with Crippen LogP contribution < -0.4 is 0 Å². The molecule has 1 aliphatic heterocycles. The summed E-state index contributed by atoms with van der Waals surface area (Å²) >= 11 is 0. The molecule has 1 saturated heterocycles. The predicted molar refractivity (Wildman–Crippen MR) is 80.7 cm³/mol. The van der Waals surface area contributed by atoms with E-state index in [2.05, 4.69) is 4.98 Å². The quantitative estimate of drug-likeness (QED) is 0.927. The van der Waals surface area contributed by atoms with Crippen LogP contribution in [0.2, 0.25) is 0 Å². The van der Waals surface area contributed by atoms with Crippen LogP contribution in [0.3, 0.4) is 0 Å². The van der Waals surface area contributed by atoms with Gasteiger partial charge in [0.15, 0.2) is 0 Å². The molecule has 0 spiro atoms. The highest BCUT2D eigenvalue weighted by Gasteiger charge is 2.41. The van der Waals surface area contributed by atoms with E-state index in [0.717, 1.165) is 50.9 Å². The van der Waals surface area contributed by atoms with Gasteiger partial charge >= 0.3 is 0 Å². The Morgan fingerprint density at radius 3 is 2.86 bits per heavy atom. The predicted octanol–water partition coefficient (Wildman–Crippen LogP) is 2.17. The largest absolute Gasteiger partial charge is 0.380 e. The molecule has 2 heterocycles. The van der Waals surface area contributed by atoms with Crippen LogP contribution >= 0.6 is 0 Å². The van der Waals surface area contributed by atoms with Crippen LogP contribution in [0.15, 0.2) is 24.4 Å². The Balaban J connectivity index is 1.58. The summed E-state index contributed by atoms with van der Waals surface area (Å²) in [7, 11) is 0. The zero-order valence-electron chi connectivity index (χ0n) is 12.5. The van der Waals surface area contributed by atoms with Gasteiger partial charge in [-0.25, -0.2) is 0 Å². The Kier molecular flexibility index (Phi) is 4.24. The van der Waals surface area contributed by atoms with E-state index in [0.29, 0.717) is 18.8 Å². The summed E-state index contributed by atoms with van der Waals surface area (Å²) in [6.45, 7) is 1.54. The van der Waals surface area contributed by atoms with Crippen molar-refractivity contribution in [3.05, 3.63) is 30.1 Å². The van der Waals surface area contributed by atoms with E-state index < -0.39 is 5.60 Å². The van der Waals surface area contributed by atoms with Gasteiger partial charge in [-0.15, -0.1) is 0 Å². The Labute approximate surface area is 126 Å². The van der Waals surface area contributed by atoms with Gasteiger partial charge in [-0.3, -0.25) is 9.78 Å². The first-order chi connectivity index (χ1) is 10.2. The molecule has 2 fully saturated rings. The van der Waals surface area contributed by atoms with Crippen molar-refractivity contribution < 1.29 is 9.90 Å². The maximum Gasteiger partial charge on any atom is 0.254 e. The molecule has 1 aliphatic carbocycles. The lowest BCUT2D eigenvalue weighted by molar-refractivity contribution is -0.153. The van der Waals surface area contributed by atoms with Gasteiger partial charge in [0.05, 0.1) is 0 Å². The van der Waals surface area contributed by atoms with E-state index in [1.165, 1.54) is 0 Å². The van der Waals surface area contributed by atoms with Gasteiger partial charge in [0.25, 0.3) is 5.91 Å². The first kappa shape index (κ1) is 14.5. The van der Waals surface area contributed by atoms with Crippen LogP contribution in [0.25, 0.3) is 0 Å². The van der Waals surface area contributed by atoms with Crippen LogP contribution in [-0.4, -0.2) is 39.6 Å². The molecule has 114 valence electrons. The lowest BCUT2D eigenvalue weighted by atomic mass is 9.84. The summed E-state index contributed by atoms with van der Waals surface area (Å²) in [5.41, 5.74) is 0.00572. The summed E-state index contributed by atoms with van der Waals surface area (Å²) < 4.78 is 0. The molecular formula is C17H24N2O2. The minimum Gasteiger partial charge on any atom is -0.380 e. The van der Waals surface area contributed by atoms with Crippen LogP contribution in [-0.2, 0) is 11.2 Å². The van der Waals surface area contributed by atoms with Crippen molar-refractivity contribution in [2.45, 2.75) is 50.5 Å². The van der Waals surface area contributed by atoms with Crippen LogP contribution in [0.4, 0.5) is 0 Å². The van der Waals surface area contributed by atoms with Crippen molar-refractivity contribution in [2.75, 3.05) is 13.1 Å². The van der Waals surface area contributed by atoms with Crippen molar-refractivity contribution >= 4 is 5.91 Å². The molecule has 1 aromatic heterocycles. The van der Waals surface area contributed by atoms with Crippen molar-refractivity contribution in [3.8, 4) is 0 Å². The molecule has 1 N–H and O–H groups in total. The lowest BCUT2D eigenvalue weighted by Crippen LogP contribution is -2.49. The average Bonchev–Trinajstić information content (AvgIpc) is 2.96. The monoisotopic (exact) mass is 288 g/mol. The van der Waals surface area contributed by atoms with Gasteiger partial charge in [0, 0.05) is 25.0 Å². The highest BCUT2D eigenvalue weighted by Crippen LogP contribution is 2.32. The number of aliphatic hydroxyl groups is 1. The third-order valence-electron chi connectivity index (χ3n) is 4.88. The van der Waals surface area contributed by atoms with E-state index in [9.17, 15) is 9.90 Å². The summed E-state index contributed by atoms with van der Waals surface area (Å²) in [6.07, 6.45) is 8.08. The molecule has 1 saturated carbocycles. The van der Waals surface area contributed by atoms with Crippen molar-refractivity contribution in [2.24, 2.45) is 5.92 Å². The third kappa shape index (κ3) is 3.26. The van der Waals surface area contributed by atoms with E-state index in [-0.39, 0.29) is 5.91 Å². The number of amides is 1. The molecule has 21 heavy (non-hydrogen) atoms. The normalized spacial score (nSPS) is 25.0. The second-order valence-electron chi connectivity index (χ2n) is 6.52. The van der Waals surface area contributed by atoms with Crippen LogP contribution in [0.1, 0.15) is 44.2 Å². The Morgan fingerprint density at radius 2 is 2.14 bits per heavy atom. The van der Waals surface area contributed by atoms with Crippen molar-refractivity contribution in [1.29, 1.82) is 0 Å². The second-order valence-corrected chi connectivity index (χ2v) is 6.52. The number of rotatable bonds is 3. The van der Waals surface area contributed by atoms with Crippen molar-refractivity contribution in [3.63, 3.8) is 0 Å². The molecule has 1 atom stereocenters. The fourth-order valence-electron chi connectivity index (χ4n) is 3.64. The maximum absolute atomic E-state index is 12.6. The number of nitrogens with zero attached hydrogens (tertiary/aromatic N) is 2. The Morgan fingerprint density at radius 1 is 1.33 bits per heavy atom. The summed E-state index contributed by atoms with van der Waals surface area (Å²) in [5, 5.41) is 10.6. The fourth-order valence-corrected chi connectivity index (χ4v) is 3.64. The van der Waals surface area contributed by atoms with Crippen molar-refractivity contribution in [1.82, 2.24) is 9.88 Å². The first-order valence-corrected chi connectivity index (χ1v) is 8.09. The van der Waals surface area contributed by atoms with Gasteiger partial charge in [-0.1, -0.05) is 25.3 Å². The fraction of sp³-hybridized carbons (Fsp3) is 0.647. The summed E-state index contributed by atoms with van der Waals surface area (Å²) in [5.74, 6) is 0.432. The Bertz CT molecular complexity index is 483. The standard InChI is InChI=1S/C17H24N2O2/c20-16(17(21)8-3-1-4-9-17)19-11-7-14(13-19)12-15-6-2-5-10-18-15/h2,5-6,10,14,21H,1,3-4,7-9,11-13H2. The summed E-state index contributed by atoms with van der Waals surface area (Å²) in [6, 6.07) is 5.97. The first-order valence-electron chi connectivity index (χ1n) is 8.09. The zero-order valence-corrected chi connectivity index (χ0v) is 12.5. The average molecular weight is 288 g/mol. The molecular weight excluding hydrogens is 264 g/mol. The van der Waals surface area contributed by atoms with Gasteiger partial charge in [0.2, 0.25) is 0 Å². The highest BCUT2D eigenvalue weighted by molar-refractivity contribution is 5.85. The smallest absolute Gasteiger partial charge is 0.254 e. The number of hydrogen-bond acceptors (Lipinski definition) is 3. The third-order valence-corrected chi connectivity index (χ3v) is 4.88. The molecule has 1 unspecified atom stereocenters. The molecule has 2 aliphatic rings. The van der Waals surface area contributed by atoms with E-state index >= 15 is 0 Å². The van der Waals surface area contributed by atoms with E-state index in [1.54, 1.807) is 0 Å². The van der Waals surface area contributed by atoms with Gasteiger partial charge in [-0.2, -0.15) is 0 Å². The van der Waals surface area contributed by atoms with Gasteiger partial charge in [-0.05, 0) is 43.7 Å². The second kappa shape index (κ2) is 6.14. The minimum absolute atomic E-state index is 0.0364. The maximum atomic E-state index is 12.6. The number of hydrogen-bond donors (Lipinski definition) is 1. The van der Waals surface area contributed by atoms with Crippen LogP contribution in [0, 0.1) is 5.92 Å². The molecule has 0 bridgehead atoms. The van der Waals surface area contributed by atoms with Gasteiger partial charge < -0.3 is 10.0 Å². The molecule has 1 aromatic rings. The SMILES string of the molecule is O=C(N1CCC(Cc2ccccn2)C1)C1(O)CCCCC1. The number of carbonyl (C=O) groups is 1. The molecule has 3 rings (SSSR count). The number of pyridine rings is 1. The molecule has 0 radical (unpaired) electrons. The molecule has 0 aromatic carbocycles. The van der Waals surface area contributed by atoms with Gasteiger partial charge in [0.1, 0.15) is 5.60 Å². The molecule has 4 nitrogen and oxygen atoms in total. The topological polar surface area (TPSA) is 53.4 Å². The zero-order chi connectivity index (χ0) is 14.7. The number of likely N-dealkylation sites (tertiary alicyclic amines) is 1. The molecule has 1 amide bonds. The summed E-state index contributed by atoms with van der Waals surface area (Å²) in [4.78, 5) is 18.8. The minimum atomic E-state index is -1.09.